The van der Waals surface area contributed by atoms with Crippen LogP contribution in [0.4, 0.5) is 0 Å². The van der Waals surface area contributed by atoms with Gasteiger partial charge in [0.1, 0.15) is 17.6 Å². The number of amides is 1. The molecule has 4 heteroatoms. The van der Waals surface area contributed by atoms with E-state index in [0.717, 1.165) is 22.6 Å². The van der Waals surface area contributed by atoms with Gasteiger partial charge in [-0.15, -0.1) is 0 Å². The van der Waals surface area contributed by atoms with Crippen LogP contribution in [0, 0.1) is 0 Å². The molecule has 0 saturated heterocycles. The summed E-state index contributed by atoms with van der Waals surface area (Å²) in [6.07, 6.45) is 1.19. The lowest BCUT2D eigenvalue weighted by molar-refractivity contribution is -0.132. The zero-order valence-corrected chi connectivity index (χ0v) is 14.2. The normalized spacial score (nSPS) is 16.8. The number of para-hydroxylation sites is 1. The van der Waals surface area contributed by atoms with Gasteiger partial charge in [0.25, 0.3) is 0 Å². The molecule has 0 saturated carbocycles. The van der Waals surface area contributed by atoms with Gasteiger partial charge in [-0.1, -0.05) is 30.3 Å². The summed E-state index contributed by atoms with van der Waals surface area (Å²) < 4.78 is 11.2. The van der Waals surface area contributed by atoms with E-state index in [1.54, 1.807) is 7.11 Å². The molecule has 2 aromatic carbocycles. The molecule has 0 spiro atoms. The lowest BCUT2D eigenvalue weighted by atomic mass is 10.1. The number of nitrogens with zero attached hydrogens (tertiary/aromatic N) is 1. The molecular formula is C20H23NO3. The summed E-state index contributed by atoms with van der Waals surface area (Å²) in [5.41, 5.74) is 2.18. The molecule has 4 nitrogen and oxygen atoms in total. The van der Waals surface area contributed by atoms with Crippen LogP contribution in [0.15, 0.2) is 48.5 Å². The molecule has 0 aromatic heterocycles. The molecule has 0 fully saturated rings. The Kier molecular flexibility index (Phi) is 5.04. The van der Waals surface area contributed by atoms with Crippen LogP contribution in [-0.4, -0.2) is 30.6 Å². The van der Waals surface area contributed by atoms with Gasteiger partial charge < -0.3 is 14.4 Å². The highest BCUT2D eigenvalue weighted by Crippen LogP contribution is 2.25. The maximum atomic E-state index is 12.7. The number of hydrogen-bond acceptors (Lipinski definition) is 3. The van der Waals surface area contributed by atoms with Crippen LogP contribution >= 0.6 is 0 Å². The molecule has 0 bridgehead atoms. The second kappa shape index (κ2) is 7.39. The van der Waals surface area contributed by atoms with Crippen molar-refractivity contribution >= 4 is 5.91 Å². The second-order valence-corrected chi connectivity index (χ2v) is 6.16. The molecule has 3 rings (SSSR count). The summed E-state index contributed by atoms with van der Waals surface area (Å²) in [5, 5.41) is 0. The third-order valence-electron chi connectivity index (χ3n) is 4.25. The van der Waals surface area contributed by atoms with E-state index in [9.17, 15) is 4.79 Å². The summed E-state index contributed by atoms with van der Waals surface area (Å²) >= 11 is 0. The molecule has 0 N–H and O–H groups in total. The zero-order valence-electron chi connectivity index (χ0n) is 14.2. The predicted octanol–water partition coefficient (Wildman–Crippen LogP) is 3.44. The van der Waals surface area contributed by atoms with Crippen molar-refractivity contribution < 1.29 is 14.3 Å². The van der Waals surface area contributed by atoms with Crippen LogP contribution in [0.3, 0.4) is 0 Å². The van der Waals surface area contributed by atoms with Crippen molar-refractivity contribution in [2.24, 2.45) is 0 Å². The lowest BCUT2D eigenvalue weighted by Crippen LogP contribution is -2.36. The highest BCUT2D eigenvalue weighted by atomic mass is 16.5. The molecule has 1 aliphatic rings. The summed E-state index contributed by atoms with van der Waals surface area (Å²) in [6, 6.07) is 15.8. The van der Waals surface area contributed by atoms with Crippen molar-refractivity contribution in [1.82, 2.24) is 4.90 Å². The molecule has 1 aliphatic heterocycles. The number of fused-ring (bicyclic) bond motifs is 1. The van der Waals surface area contributed by atoms with E-state index in [1.807, 2.05) is 60.4 Å². The van der Waals surface area contributed by atoms with E-state index < -0.39 is 0 Å². The van der Waals surface area contributed by atoms with Gasteiger partial charge in [-0.2, -0.15) is 0 Å². The van der Waals surface area contributed by atoms with E-state index >= 15 is 0 Å². The summed E-state index contributed by atoms with van der Waals surface area (Å²) in [6.45, 7) is 3.23. The van der Waals surface area contributed by atoms with Gasteiger partial charge in [0.15, 0.2) is 0 Å². The van der Waals surface area contributed by atoms with Gasteiger partial charge >= 0.3 is 0 Å². The highest BCUT2D eigenvalue weighted by molar-refractivity contribution is 5.76. The van der Waals surface area contributed by atoms with E-state index in [0.29, 0.717) is 25.9 Å². The fraction of sp³-hybridized carbons (Fsp3) is 0.350. The van der Waals surface area contributed by atoms with Crippen LogP contribution in [-0.2, 0) is 17.8 Å². The first-order chi connectivity index (χ1) is 11.7. The molecular weight excluding hydrogens is 302 g/mol. The predicted molar refractivity (Wildman–Crippen MR) is 93.3 cm³/mol. The average Bonchev–Trinajstić information content (AvgIpc) is 2.77. The fourth-order valence-electron chi connectivity index (χ4n) is 3.01. The third kappa shape index (κ3) is 3.88. The first-order valence-corrected chi connectivity index (χ1v) is 8.31. The van der Waals surface area contributed by atoms with Crippen molar-refractivity contribution in [2.45, 2.75) is 32.4 Å². The first kappa shape index (κ1) is 16.4. The second-order valence-electron chi connectivity index (χ2n) is 6.16. The Balaban J connectivity index is 1.66. The molecule has 126 valence electrons. The van der Waals surface area contributed by atoms with Crippen LogP contribution in [0.5, 0.6) is 11.5 Å². The Bertz CT molecular complexity index is 714. The minimum absolute atomic E-state index is 0.00517. The van der Waals surface area contributed by atoms with Gasteiger partial charge in [0.05, 0.1) is 13.7 Å². The van der Waals surface area contributed by atoms with E-state index in [1.165, 1.54) is 0 Å². The molecule has 1 heterocycles. The Labute approximate surface area is 143 Å². The summed E-state index contributed by atoms with van der Waals surface area (Å²) in [7, 11) is 1.65. The quantitative estimate of drug-likeness (QED) is 0.864. The maximum absolute atomic E-state index is 12.7. The third-order valence-corrected chi connectivity index (χ3v) is 4.25. The number of methoxy groups -OCH3 is 1. The maximum Gasteiger partial charge on any atom is 0.223 e. The van der Waals surface area contributed by atoms with E-state index in [2.05, 4.69) is 0 Å². The minimum atomic E-state index is -0.00517. The standard InChI is InChI=1S/C20H23NO3/c1-15-13-21(14-17-7-3-4-9-19(17)24-15)20(22)11-10-16-6-5-8-18(12-16)23-2/h3-9,12,15H,10-11,13-14H2,1-2H3. The smallest absolute Gasteiger partial charge is 0.223 e. The molecule has 1 unspecified atom stereocenters. The largest absolute Gasteiger partial charge is 0.497 e. The Morgan fingerprint density at radius 2 is 2.08 bits per heavy atom. The molecule has 0 radical (unpaired) electrons. The summed E-state index contributed by atoms with van der Waals surface area (Å²) in [4.78, 5) is 14.6. The average molecular weight is 325 g/mol. The number of carbonyl (C=O) groups is 1. The highest BCUT2D eigenvalue weighted by Gasteiger charge is 2.23. The van der Waals surface area contributed by atoms with Gasteiger partial charge in [-0.05, 0) is 37.1 Å². The molecule has 2 aromatic rings. The number of ether oxygens (including phenoxy) is 2. The monoisotopic (exact) mass is 325 g/mol. The number of aryl methyl sites for hydroxylation is 1. The van der Waals surface area contributed by atoms with Crippen molar-refractivity contribution in [3.05, 3.63) is 59.7 Å². The van der Waals surface area contributed by atoms with Gasteiger partial charge in [0.2, 0.25) is 5.91 Å². The van der Waals surface area contributed by atoms with Crippen molar-refractivity contribution in [2.75, 3.05) is 13.7 Å². The molecule has 0 aliphatic carbocycles. The number of hydrogen-bond donors (Lipinski definition) is 0. The number of benzene rings is 2. The molecule has 1 amide bonds. The van der Waals surface area contributed by atoms with Crippen LogP contribution in [0.1, 0.15) is 24.5 Å². The van der Waals surface area contributed by atoms with Crippen molar-refractivity contribution in [1.29, 1.82) is 0 Å². The van der Waals surface area contributed by atoms with Gasteiger partial charge in [-0.3, -0.25) is 4.79 Å². The van der Waals surface area contributed by atoms with Crippen LogP contribution in [0.25, 0.3) is 0 Å². The van der Waals surface area contributed by atoms with Crippen LogP contribution < -0.4 is 9.47 Å². The SMILES string of the molecule is COc1cccc(CCC(=O)N2Cc3ccccc3OC(C)C2)c1. The van der Waals surface area contributed by atoms with Gasteiger partial charge in [-0.25, -0.2) is 0 Å². The Morgan fingerprint density at radius 1 is 1.25 bits per heavy atom. The van der Waals surface area contributed by atoms with E-state index in [4.69, 9.17) is 9.47 Å². The first-order valence-electron chi connectivity index (χ1n) is 8.31. The lowest BCUT2D eigenvalue weighted by Gasteiger charge is -2.22. The number of carbonyl (C=O) groups excluding carboxylic acids is 1. The van der Waals surface area contributed by atoms with Crippen molar-refractivity contribution in [3.63, 3.8) is 0 Å². The van der Waals surface area contributed by atoms with Crippen molar-refractivity contribution in [3.8, 4) is 11.5 Å². The zero-order chi connectivity index (χ0) is 16.9. The van der Waals surface area contributed by atoms with E-state index in [-0.39, 0.29) is 12.0 Å². The Hall–Kier alpha value is -2.49. The van der Waals surface area contributed by atoms with Gasteiger partial charge in [0, 0.05) is 18.5 Å². The number of rotatable bonds is 4. The molecule has 24 heavy (non-hydrogen) atoms. The van der Waals surface area contributed by atoms with Crippen LogP contribution in [0.2, 0.25) is 0 Å². The minimum Gasteiger partial charge on any atom is -0.497 e. The summed E-state index contributed by atoms with van der Waals surface area (Å²) in [5.74, 6) is 1.86. The topological polar surface area (TPSA) is 38.8 Å². The Morgan fingerprint density at radius 3 is 2.92 bits per heavy atom. The fourth-order valence-corrected chi connectivity index (χ4v) is 3.01. The molecule has 1 atom stereocenters.